The Morgan fingerprint density at radius 3 is 2.03 bits per heavy atom. The molecule has 0 unspecified atom stereocenters. The van der Waals surface area contributed by atoms with Gasteiger partial charge in [0.15, 0.2) is 0 Å². The second-order valence-corrected chi connectivity index (χ2v) is 10.4. The molecule has 0 fully saturated rings. The van der Waals surface area contributed by atoms with Gasteiger partial charge in [-0.2, -0.15) is 0 Å². The van der Waals surface area contributed by atoms with Gasteiger partial charge in [-0.25, -0.2) is 0 Å². The molecular weight excluding hydrogens is 396 g/mol. The van der Waals surface area contributed by atoms with E-state index in [0.29, 0.717) is 0 Å². The normalized spacial score (nSPS) is 16.4. The van der Waals surface area contributed by atoms with E-state index < -0.39 is 0 Å². The SMILES string of the molecule is CC1(C)c2ccccc2-c2cc(-c3cccc4c3C(C)(C)c3cc(Cl)ccc3-4)ccc21. The van der Waals surface area contributed by atoms with Crippen molar-refractivity contribution in [2.45, 2.75) is 38.5 Å². The zero-order chi connectivity index (χ0) is 21.5. The molecule has 4 aromatic carbocycles. The van der Waals surface area contributed by atoms with Crippen molar-refractivity contribution in [3.05, 3.63) is 106 Å². The Hall–Kier alpha value is -2.83. The molecule has 6 rings (SSSR count). The summed E-state index contributed by atoms with van der Waals surface area (Å²) in [6.45, 7) is 9.31. The molecular formula is C30H25Cl. The fourth-order valence-corrected chi connectivity index (χ4v) is 6.15. The van der Waals surface area contributed by atoms with Gasteiger partial charge in [0.1, 0.15) is 0 Å². The van der Waals surface area contributed by atoms with Crippen molar-refractivity contribution in [1.29, 1.82) is 0 Å². The molecule has 0 amide bonds. The van der Waals surface area contributed by atoms with Gasteiger partial charge in [0.05, 0.1) is 0 Å². The molecule has 0 saturated heterocycles. The molecule has 152 valence electrons. The molecule has 0 N–H and O–H groups in total. The highest BCUT2D eigenvalue weighted by Crippen LogP contribution is 2.54. The molecule has 2 aliphatic rings. The van der Waals surface area contributed by atoms with Crippen LogP contribution in [0.4, 0.5) is 0 Å². The quantitative estimate of drug-likeness (QED) is 0.289. The van der Waals surface area contributed by atoms with Crippen LogP contribution in [0.5, 0.6) is 0 Å². The first-order chi connectivity index (χ1) is 14.8. The Morgan fingerprint density at radius 2 is 1.19 bits per heavy atom. The topological polar surface area (TPSA) is 0 Å². The van der Waals surface area contributed by atoms with Crippen molar-refractivity contribution in [2.75, 3.05) is 0 Å². The molecule has 31 heavy (non-hydrogen) atoms. The zero-order valence-corrected chi connectivity index (χ0v) is 19.1. The van der Waals surface area contributed by atoms with Gasteiger partial charge in [0, 0.05) is 15.9 Å². The zero-order valence-electron chi connectivity index (χ0n) is 18.4. The number of fused-ring (bicyclic) bond motifs is 6. The summed E-state index contributed by atoms with van der Waals surface area (Å²) in [6, 6.07) is 29.0. The number of hydrogen-bond donors (Lipinski definition) is 0. The van der Waals surface area contributed by atoms with Crippen LogP contribution in [0.2, 0.25) is 5.02 Å². The summed E-state index contributed by atoms with van der Waals surface area (Å²) < 4.78 is 0. The standard InChI is InChI=1S/C30H25Cl/c1-29(2)25-11-6-5-8-21(25)24-16-18(12-15-26(24)29)20-9-7-10-23-22-14-13-19(31)17-27(22)30(3,4)28(20)23/h5-17H,1-4H3. The third-order valence-corrected chi connectivity index (χ3v) is 7.76. The molecule has 0 nitrogen and oxygen atoms in total. The molecule has 4 aromatic rings. The molecule has 0 saturated carbocycles. The van der Waals surface area contributed by atoms with Gasteiger partial charge in [0.2, 0.25) is 0 Å². The van der Waals surface area contributed by atoms with Crippen LogP contribution >= 0.6 is 11.6 Å². The first-order valence-corrected chi connectivity index (χ1v) is 11.4. The van der Waals surface area contributed by atoms with E-state index >= 15 is 0 Å². The van der Waals surface area contributed by atoms with Gasteiger partial charge >= 0.3 is 0 Å². The van der Waals surface area contributed by atoms with E-state index in [2.05, 4.69) is 100 Å². The van der Waals surface area contributed by atoms with Crippen molar-refractivity contribution in [2.24, 2.45) is 0 Å². The Labute approximate surface area is 189 Å². The van der Waals surface area contributed by atoms with Gasteiger partial charge in [-0.1, -0.05) is 100.0 Å². The first kappa shape index (κ1) is 18.9. The average Bonchev–Trinajstić information content (AvgIpc) is 3.13. The van der Waals surface area contributed by atoms with Crippen LogP contribution in [0.15, 0.2) is 78.9 Å². The summed E-state index contributed by atoms with van der Waals surface area (Å²) in [5.41, 5.74) is 13.5. The number of rotatable bonds is 1. The monoisotopic (exact) mass is 420 g/mol. The number of benzene rings is 4. The Bertz CT molecular complexity index is 1390. The lowest BCUT2D eigenvalue weighted by Gasteiger charge is -2.25. The maximum absolute atomic E-state index is 6.39. The second kappa shape index (κ2) is 6.11. The summed E-state index contributed by atoms with van der Waals surface area (Å²) in [4.78, 5) is 0. The number of hydrogen-bond acceptors (Lipinski definition) is 0. The lowest BCUT2D eigenvalue weighted by atomic mass is 9.78. The minimum Gasteiger partial charge on any atom is -0.0843 e. The van der Waals surface area contributed by atoms with Gasteiger partial charge < -0.3 is 0 Å². The van der Waals surface area contributed by atoms with E-state index in [1.165, 1.54) is 55.6 Å². The number of halogens is 1. The maximum Gasteiger partial charge on any atom is 0.0409 e. The van der Waals surface area contributed by atoms with Crippen molar-refractivity contribution in [1.82, 2.24) is 0 Å². The predicted molar refractivity (Wildman–Crippen MR) is 132 cm³/mol. The first-order valence-electron chi connectivity index (χ1n) is 11.0. The maximum atomic E-state index is 6.39. The van der Waals surface area contributed by atoms with Gasteiger partial charge in [-0.3, -0.25) is 0 Å². The third-order valence-electron chi connectivity index (χ3n) is 7.53. The molecule has 0 aromatic heterocycles. The van der Waals surface area contributed by atoms with E-state index in [1.54, 1.807) is 0 Å². The predicted octanol–water partition coefficient (Wildman–Crippen LogP) is 8.62. The van der Waals surface area contributed by atoms with Crippen LogP contribution in [-0.4, -0.2) is 0 Å². The van der Waals surface area contributed by atoms with Gasteiger partial charge in [0.25, 0.3) is 0 Å². The van der Waals surface area contributed by atoms with Gasteiger partial charge in [-0.05, 0) is 73.8 Å². The van der Waals surface area contributed by atoms with E-state index in [0.717, 1.165) is 5.02 Å². The minimum absolute atomic E-state index is 0.0371. The highest BCUT2D eigenvalue weighted by molar-refractivity contribution is 6.30. The van der Waals surface area contributed by atoms with Crippen LogP contribution < -0.4 is 0 Å². The summed E-state index contributed by atoms with van der Waals surface area (Å²) in [5, 5.41) is 0.803. The van der Waals surface area contributed by atoms with E-state index in [9.17, 15) is 0 Å². The van der Waals surface area contributed by atoms with Crippen molar-refractivity contribution >= 4 is 11.6 Å². The third kappa shape index (κ3) is 2.43. The largest absolute Gasteiger partial charge is 0.0843 e. The summed E-state index contributed by atoms with van der Waals surface area (Å²) >= 11 is 6.39. The van der Waals surface area contributed by atoms with Crippen LogP contribution in [0.1, 0.15) is 49.9 Å². The van der Waals surface area contributed by atoms with Crippen molar-refractivity contribution in [3.63, 3.8) is 0 Å². The summed E-state index contributed by atoms with van der Waals surface area (Å²) in [7, 11) is 0. The summed E-state index contributed by atoms with van der Waals surface area (Å²) in [6.07, 6.45) is 0. The molecule has 0 heterocycles. The van der Waals surface area contributed by atoms with Crippen LogP contribution in [0, 0.1) is 0 Å². The highest BCUT2D eigenvalue weighted by atomic mass is 35.5. The molecule has 0 atom stereocenters. The molecule has 1 heteroatoms. The Balaban J connectivity index is 1.59. The Kier molecular flexibility index (Phi) is 3.73. The lowest BCUT2D eigenvalue weighted by Crippen LogP contribution is -2.16. The molecule has 0 bridgehead atoms. The molecule has 0 spiro atoms. The van der Waals surface area contributed by atoms with E-state index in [1.807, 2.05) is 6.07 Å². The van der Waals surface area contributed by atoms with E-state index in [-0.39, 0.29) is 10.8 Å². The fraction of sp³-hybridized carbons (Fsp3) is 0.200. The van der Waals surface area contributed by atoms with Crippen LogP contribution in [0.3, 0.4) is 0 Å². The summed E-state index contributed by atoms with van der Waals surface area (Å²) in [5.74, 6) is 0. The highest BCUT2D eigenvalue weighted by Gasteiger charge is 2.39. The smallest absolute Gasteiger partial charge is 0.0409 e. The minimum atomic E-state index is -0.0949. The van der Waals surface area contributed by atoms with Crippen molar-refractivity contribution < 1.29 is 0 Å². The molecule has 0 radical (unpaired) electrons. The Morgan fingerprint density at radius 1 is 0.516 bits per heavy atom. The van der Waals surface area contributed by atoms with Crippen LogP contribution in [-0.2, 0) is 10.8 Å². The van der Waals surface area contributed by atoms with E-state index in [4.69, 9.17) is 11.6 Å². The van der Waals surface area contributed by atoms with Gasteiger partial charge in [-0.15, -0.1) is 0 Å². The van der Waals surface area contributed by atoms with Crippen LogP contribution in [0.25, 0.3) is 33.4 Å². The molecule has 2 aliphatic carbocycles. The molecule has 0 aliphatic heterocycles. The second-order valence-electron chi connectivity index (χ2n) is 9.97. The fourth-order valence-electron chi connectivity index (χ4n) is 5.98. The average molecular weight is 421 g/mol. The van der Waals surface area contributed by atoms with Crippen molar-refractivity contribution in [3.8, 4) is 33.4 Å². The lowest BCUT2D eigenvalue weighted by molar-refractivity contribution is 0.659.